The second kappa shape index (κ2) is 4.84. The van der Waals surface area contributed by atoms with Crippen molar-refractivity contribution < 1.29 is 4.39 Å². The lowest BCUT2D eigenvalue weighted by atomic mass is 10.2. The van der Waals surface area contributed by atoms with Crippen LogP contribution in [0.2, 0.25) is 0 Å². The Morgan fingerprint density at radius 3 is 2.94 bits per heavy atom. The Bertz CT molecular complexity index is 502. The van der Waals surface area contributed by atoms with Crippen LogP contribution in [0.3, 0.4) is 0 Å². The van der Waals surface area contributed by atoms with Gasteiger partial charge in [0.1, 0.15) is 12.1 Å². The Morgan fingerprint density at radius 2 is 2.31 bits per heavy atom. The van der Waals surface area contributed by atoms with Crippen molar-refractivity contribution in [2.75, 3.05) is 5.84 Å². The van der Waals surface area contributed by atoms with Crippen LogP contribution in [0.1, 0.15) is 5.56 Å². The fraction of sp³-hybridized carbons (Fsp3) is 0.111. The molecule has 7 heteroatoms. The molecular weight excluding hydrogens is 295 g/mol. The summed E-state index contributed by atoms with van der Waals surface area (Å²) in [6.07, 6.45) is 1.43. The van der Waals surface area contributed by atoms with Gasteiger partial charge in [0, 0.05) is 10.2 Å². The van der Waals surface area contributed by atoms with E-state index in [4.69, 9.17) is 5.84 Å². The predicted molar refractivity (Wildman–Crippen MR) is 63.8 cm³/mol. The summed E-state index contributed by atoms with van der Waals surface area (Å²) in [5.41, 5.74) is 0.981. The normalized spacial score (nSPS) is 10.6. The molecule has 2 rings (SSSR count). The Kier molecular flexibility index (Phi) is 3.45. The van der Waals surface area contributed by atoms with Crippen LogP contribution in [0, 0.1) is 5.82 Å². The van der Waals surface area contributed by atoms with Crippen molar-refractivity contribution in [3.05, 3.63) is 40.4 Å². The molecule has 1 aromatic carbocycles. The number of rotatable bonds is 3. The van der Waals surface area contributed by atoms with Gasteiger partial charge in [-0.05, 0) is 17.7 Å². The molecule has 0 saturated heterocycles. The first-order valence-electron chi connectivity index (χ1n) is 4.38. The van der Waals surface area contributed by atoms with Gasteiger partial charge >= 0.3 is 0 Å². The van der Waals surface area contributed by atoms with Crippen molar-refractivity contribution in [1.29, 1.82) is 0 Å². The minimum atomic E-state index is -0.261. The third-order valence-electron chi connectivity index (χ3n) is 1.91. The monoisotopic (exact) mass is 302 g/mol. The van der Waals surface area contributed by atoms with Crippen LogP contribution in [0.15, 0.2) is 34.2 Å². The van der Waals surface area contributed by atoms with Crippen LogP contribution in [0.25, 0.3) is 0 Å². The summed E-state index contributed by atoms with van der Waals surface area (Å²) in [5.74, 6) is 5.95. The molecule has 4 nitrogen and oxygen atoms in total. The average molecular weight is 303 g/mol. The van der Waals surface area contributed by atoms with Crippen LogP contribution in [0.4, 0.5) is 4.39 Å². The van der Waals surface area contributed by atoms with E-state index in [9.17, 15) is 4.39 Å². The summed E-state index contributed by atoms with van der Waals surface area (Å²) >= 11 is 4.74. The Morgan fingerprint density at radius 1 is 1.50 bits per heavy atom. The molecule has 0 atom stereocenters. The summed E-state index contributed by atoms with van der Waals surface area (Å²) < 4.78 is 14.9. The molecule has 0 aliphatic carbocycles. The minimum Gasteiger partial charge on any atom is -0.336 e. The number of benzene rings is 1. The predicted octanol–water partition coefficient (Wildman–Crippen LogP) is 2.19. The molecule has 1 aromatic heterocycles. The molecule has 1 heterocycles. The molecule has 16 heavy (non-hydrogen) atoms. The molecular formula is C9H8BrFN4S. The number of aromatic nitrogens is 3. The summed E-state index contributed by atoms with van der Waals surface area (Å²) in [7, 11) is 0. The Balaban J connectivity index is 2.08. The van der Waals surface area contributed by atoms with E-state index in [-0.39, 0.29) is 5.82 Å². The largest absolute Gasteiger partial charge is 0.336 e. The van der Waals surface area contributed by atoms with Crippen LogP contribution >= 0.6 is 27.7 Å². The zero-order valence-electron chi connectivity index (χ0n) is 8.10. The third-order valence-corrected chi connectivity index (χ3v) is 3.66. The van der Waals surface area contributed by atoms with Gasteiger partial charge < -0.3 is 5.84 Å². The van der Waals surface area contributed by atoms with Gasteiger partial charge in [-0.25, -0.2) is 9.07 Å². The lowest BCUT2D eigenvalue weighted by Crippen LogP contribution is -2.07. The molecule has 0 bridgehead atoms. The molecule has 0 radical (unpaired) electrons. The van der Waals surface area contributed by atoms with Crippen molar-refractivity contribution >= 4 is 27.7 Å². The number of nitrogen functional groups attached to an aromatic ring is 1. The molecule has 84 valence electrons. The maximum absolute atomic E-state index is 12.8. The zero-order valence-corrected chi connectivity index (χ0v) is 10.5. The second-order valence-electron chi connectivity index (χ2n) is 3.05. The van der Waals surface area contributed by atoms with E-state index in [0.717, 1.165) is 10.0 Å². The van der Waals surface area contributed by atoms with E-state index in [1.165, 1.54) is 34.9 Å². The average Bonchev–Trinajstić information content (AvgIpc) is 2.63. The van der Waals surface area contributed by atoms with Crippen LogP contribution in [-0.4, -0.2) is 14.9 Å². The highest BCUT2D eigenvalue weighted by atomic mass is 79.9. The molecule has 0 fully saturated rings. The first-order chi connectivity index (χ1) is 7.66. The van der Waals surface area contributed by atoms with Gasteiger partial charge in [-0.3, -0.25) is 0 Å². The number of hydrogen-bond acceptors (Lipinski definition) is 4. The zero-order chi connectivity index (χ0) is 11.5. The summed E-state index contributed by atoms with van der Waals surface area (Å²) in [6.45, 7) is 0. The van der Waals surface area contributed by atoms with Crippen LogP contribution < -0.4 is 5.84 Å². The first-order valence-corrected chi connectivity index (χ1v) is 6.16. The molecule has 2 N–H and O–H groups in total. The maximum atomic E-state index is 12.8. The lowest BCUT2D eigenvalue weighted by Gasteiger charge is -2.03. The molecule has 0 aliphatic rings. The number of thioether (sulfide) groups is 1. The fourth-order valence-electron chi connectivity index (χ4n) is 1.12. The maximum Gasteiger partial charge on any atom is 0.209 e. The van der Waals surface area contributed by atoms with Crippen LogP contribution in [-0.2, 0) is 5.75 Å². The van der Waals surface area contributed by atoms with Crippen molar-refractivity contribution in [2.24, 2.45) is 0 Å². The van der Waals surface area contributed by atoms with Gasteiger partial charge in [0.15, 0.2) is 0 Å². The van der Waals surface area contributed by atoms with Crippen molar-refractivity contribution in [3.63, 3.8) is 0 Å². The highest BCUT2D eigenvalue weighted by Crippen LogP contribution is 2.25. The molecule has 0 unspecified atom stereocenters. The molecule has 0 aliphatic heterocycles. The fourth-order valence-corrected chi connectivity index (χ4v) is 2.63. The molecule has 0 spiro atoms. The van der Waals surface area contributed by atoms with Crippen LogP contribution in [0.5, 0.6) is 0 Å². The molecule has 0 saturated carbocycles. The first kappa shape index (κ1) is 11.4. The standard InChI is InChI=1S/C9H8BrFN4S/c10-8-3-7(11)2-1-6(8)4-16-9-14-13-5-15(9)12/h1-3,5H,4,12H2. The molecule has 0 amide bonds. The number of nitrogens with zero attached hydrogens (tertiary/aromatic N) is 3. The minimum absolute atomic E-state index is 0.261. The summed E-state index contributed by atoms with van der Waals surface area (Å²) in [6, 6.07) is 4.58. The summed E-state index contributed by atoms with van der Waals surface area (Å²) in [4.78, 5) is 0. The molecule has 2 aromatic rings. The summed E-state index contributed by atoms with van der Waals surface area (Å²) in [5, 5.41) is 8.13. The topological polar surface area (TPSA) is 56.7 Å². The Hall–Kier alpha value is -1.08. The number of halogens is 2. The van der Waals surface area contributed by atoms with Gasteiger partial charge in [0.25, 0.3) is 0 Å². The van der Waals surface area contributed by atoms with Crippen molar-refractivity contribution in [1.82, 2.24) is 14.9 Å². The quantitative estimate of drug-likeness (QED) is 0.697. The van der Waals surface area contributed by atoms with E-state index >= 15 is 0 Å². The van der Waals surface area contributed by atoms with Gasteiger partial charge in [0.05, 0.1) is 0 Å². The van der Waals surface area contributed by atoms with Gasteiger partial charge in [-0.2, -0.15) is 0 Å². The van der Waals surface area contributed by atoms with E-state index in [0.29, 0.717) is 10.9 Å². The van der Waals surface area contributed by atoms with E-state index < -0.39 is 0 Å². The number of hydrogen-bond donors (Lipinski definition) is 1. The van der Waals surface area contributed by atoms with Crippen molar-refractivity contribution in [3.8, 4) is 0 Å². The SMILES string of the molecule is Nn1cnnc1SCc1ccc(F)cc1Br. The van der Waals surface area contributed by atoms with E-state index in [1.807, 2.05) is 0 Å². The third kappa shape index (κ3) is 2.53. The van der Waals surface area contributed by atoms with Gasteiger partial charge in [-0.1, -0.05) is 33.8 Å². The van der Waals surface area contributed by atoms with Crippen molar-refractivity contribution in [2.45, 2.75) is 10.9 Å². The highest BCUT2D eigenvalue weighted by molar-refractivity contribution is 9.10. The van der Waals surface area contributed by atoms with E-state index in [1.54, 1.807) is 6.07 Å². The smallest absolute Gasteiger partial charge is 0.209 e. The lowest BCUT2D eigenvalue weighted by molar-refractivity contribution is 0.626. The second-order valence-corrected chi connectivity index (χ2v) is 4.84. The number of nitrogens with two attached hydrogens (primary N) is 1. The van der Waals surface area contributed by atoms with Gasteiger partial charge in [-0.15, -0.1) is 10.2 Å². The van der Waals surface area contributed by atoms with Gasteiger partial charge in [0.2, 0.25) is 5.16 Å². The highest BCUT2D eigenvalue weighted by Gasteiger charge is 2.06. The Labute approximate surface area is 104 Å². The van der Waals surface area contributed by atoms with E-state index in [2.05, 4.69) is 26.1 Å².